The van der Waals surface area contributed by atoms with Crippen LogP contribution in [0.4, 0.5) is 0 Å². The van der Waals surface area contributed by atoms with Gasteiger partial charge in [-0.15, -0.1) is 24.0 Å². The van der Waals surface area contributed by atoms with Crippen molar-refractivity contribution >= 4 is 41.7 Å². The first-order valence-electron chi connectivity index (χ1n) is 6.93. The molecule has 0 aromatic carbocycles. The molecule has 3 atom stereocenters. The molecule has 0 spiro atoms. The molecule has 2 rings (SSSR count). The van der Waals surface area contributed by atoms with Gasteiger partial charge in [-0.05, 0) is 43.8 Å². The van der Waals surface area contributed by atoms with Crippen molar-refractivity contribution in [1.29, 1.82) is 0 Å². The topological polar surface area (TPSA) is 36.4 Å². The summed E-state index contributed by atoms with van der Waals surface area (Å²) in [6, 6.07) is 0. The Hall–Kier alpha value is 0.350. The number of aliphatic imine (C=N–C) groups is 1. The molecule has 2 N–H and O–H groups in total. The van der Waals surface area contributed by atoms with Gasteiger partial charge in [0.25, 0.3) is 0 Å². The molecule has 0 amide bonds. The van der Waals surface area contributed by atoms with Crippen LogP contribution in [0.25, 0.3) is 0 Å². The first-order valence-corrected chi connectivity index (χ1v) is 7.98. The minimum absolute atomic E-state index is 0. The summed E-state index contributed by atoms with van der Waals surface area (Å²) in [4.78, 5) is 4.67. The third kappa shape index (κ3) is 5.55. The molecule has 3 unspecified atom stereocenters. The number of nitrogens with one attached hydrogen (secondary N) is 2. The zero-order valence-corrected chi connectivity index (χ0v) is 14.6. The fourth-order valence-electron chi connectivity index (χ4n) is 2.22. The lowest BCUT2D eigenvalue weighted by Crippen LogP contribution is -2.40. The van der Waals surface area contributed by atoms with E-state index in [-0.39, 0.29) is 24.0 Å². The summed E-state index contributed by atoms with van der Waals surface area (Å²) in [6.45, 7) is 7.45. The quantitative estimate of drug-likeness (QED) is 0.436. The van der Waals surface area contributed by atoms with Gasteiger partial charge in [0.1, 0.15) is 0 Å². The minimum Gasteiger partial charge on any atom is -0.357 e. The van der Waals surface area contributed by atoms with Crippen LogP contribution in [0.15, 0.2) is 4.99 Å². The summed E-state index contributed by atoms with van der Waals surface area (Å²) in [5.74, 6) is 4.08. The van der Waals surface area contributed by atoms with Crippen LogP contribution in [0.1, 0.15) is 33.1 Å². The summed E-state index contributed by atoms with van der Waals surface area (Å²) in [5, 5.41) is 7.60. The largest absolute Gasteiger partial charge is 0.357 e. The number of halogens is 1. The van der Waals surface area contributed by atoms with Crippen LogP contribution in [-0.4, -0.2) is 36.6 Å². The molecule has 0 bridgehead atoms. The second kappa shape index (κ2) is 8.51. The van der Waals surface area contributed by atoms with Gasteiger partial charge in [0.2, 0.25) is 0 Å². The molecule has 1 aliphatic carbocycles. The maximum absolute atomic E-state index is 4.67. The van der Waals surface area contributed by atoms with Gasteiger partial charge in [-0.2, -0.15) is 11.8 Å². The SMILES string of the molecule is CCNC(=NCC1CC1C)NCC1CCCS1.I. The number of nitrogens with zero attached hydrogens (tertiary/aromatic N) is 1. The van der Waals surface area contributed by atoms with Gasteiger partial charge < -0.3 is 10.6 Å². The third-order valence-electron chi connectivity index (χ3n) is 3.63. The lowest BCUT2D eigenvalue weighted by Gasteiger charge is -2.14. The number of thioether (sulfide) groups is 1. The van der Waals surface area contributed by atoms with Gasteiger partial charge >= 0.3 is 0 Å². The van der Waals surface area contributed by atoms with Crippen LogP contribution in [0.5, 0.6) is 0 Å². The maximum Gasteiger partial charge on any atom is 0.191 e. The van der Waals surface area contributed by atoms with E-state index in [4.69, 9.17) is 0 Å². The Morgan fingerprint density at radius 2 is 2.17 bits per heavy atom. The molecule has 18 heavy (non-hydrogen) atoms. The summed E-state index contributed by atoms with van der Waals surface area (Å²) in [5.41, 5.74) is 0. The lowest BCUT2D eigenvalue weighted by molar-refractivity contribution is 0.713. The number of hydrogen-bond acceptors (Lipinski definition) is 2. The van der Waals surface area contributed by atoms with E-state index in [0.29, 0.717) is 0 Å². The van der Waals surface area contributed by atoms with E-state index >= 15 is 0 Å². The first-order chi connectivity index (χ1) is 8.29. The van der Waals surface area contributed by atoms with E-state index in [1.807, 2.05) is 0 Å². The normalized spacial score (nSPS) is 30.8. The molecule has 3 nitrogen and oxygen atoms in total. The van der Waals surface area contributed by atoms with Crippen LogP contribution in [-0.2, 0) is 0 Å². The highest BCUT2D eigenvalue weighted by Gasteiger charge is 2.31. The van der Waals surface area contributed by atoms with E-state index in [1.165, 1.54) is 25.0 Å². The van der Waals surface area contributed by atoms with Crippen molar-refractivity contribution in [2.24, 2.45) is 16.8 Å². The number of guanidine groups is 1. The van der Waals surface area contributed by atoms with Crippen LogP contribution in [0.2, 0.25) is 0 Å². The molecule has 1 saturated heterocycles. The number of rotatable bonds is 5. The van der Waals surface area contributed by atoms with Crippen molar-refractivity contribution < 1.29 is 0 Å². The Labute approximate surface area is 132 Å². The van der Waals surface area contributed by atoms with Gasteiger partial charge in [0.15, 0.2) is 5.96 Å². The number of hydrogen-bond donors (Lipinski definition) is 2. The van der Waals surface area contributed by atoms with Crippen molar-refractivity contribution in [3.8, 4) is 0 Å². The van der Waals surface area contributed by atoms with Crippen molar-refractivity contribution in [2.75, 3.05) is 25.4 Å². The average Bonchev–Trinajstić information content (AvgIpc) is 2.82. The Kier molecular flexibility index (Phi) is 7.75. The Morgan fingerprint density at radius 1 is 1.39 bits per heavy atom. The molecule has 5 heteroatoms. The molecule has 106 valence electrons. The van der Waals surface area contributed by atoms with Crippen molar-refractivity contribution in [3.05, 3.63) is 0 Å². The van der Waals surface area contributed by atoms with E-state index in [1.54, 1.807) is 0 Å². The van der Waals surface area contributed by atoms with Crippen LogP contribution in [0.3, 0.4) is 0 Å². The van der Waals surface area contributed by atoms with Crippen molar-refractivity contribution in [1.82, 2.24) is 10.6 Å². The average molecular weight is 383 g/mol. The summed E-state index contributed by atoms with van der Waals surface area (Å²) < 4.78 is 0. The van der Waals surface area contributed by atoms with Crippen LogP contribution >= 0.6 is 35.7 Å². The molecule has 2 aliphatic rings. The summed E-state index contributed by atoms with van der Waals surface area (Å²) in [7, 11) is 0. The second-order valence-electron chi connectivity index (χ2n) is 5.21. The molecule has 0 aromatic heterocycles. The van der Waals surface area contributed by atoms with Gasteiger partial charge in [-0.1, -0.05) is 6.92 Å². The molecule has 1 heterocycles. The summed E-state index contributed by atoms with van der Waals surface area (Å²) in [6.07, 6.45) is 4.10. The molecule has 1 aliphatic heterocycles. The van der Waals surface area contributed by atoms with E-state index in [9.17, 15) is 0 Å². The molecule has 2 fully saturated rings. The molecule has 0 aromatic rings. The standard InChI is InChI=1S/C13H25N3S.HI/c1-3-14-13(15-8-11-7-10(11)2)16-9-12-5-4-6-17-12;/h10-12H,3-9H2,1-2H3,(H2,14,15,16);1H. The fraction of sp³-hybridized carbons (Fsp3) is 0.923. The van der Waals surface area contributed by atoms with Gasteiger partial charge in [-0.3, -0.25) is 4.99 Å². The second-order valence-corrected chi connectivity index (χ2v) is 6.62. The van der Waals surface area contributed by atoms with Crippen molar-refractivity contribution in [3.63, 3.8) is 0 Å². The highest BCUT2D eigenvalue weighted by Crippen LogP contribution is 2.37. The third-order valence-corrected chi connectivity index (χ3v) is 5.02. The Balaban J connectivity index is 0.00000162. The van der Waals surface area contributed by atoms with Crippen molar-refractivity contribution in [2.45, 2.75) is 38.4 Å². The van der Waals surface area contributed by atoms with E-state index in [0.717, 1.165) is 42.7 Å². The monoisotopic (exact) mass is 383 g/mol. The smallest absolute Gasteiger partial charge is 0.191 e. The van der Waals surface area contributed by atoms with Gasteiger partial charge in [-0.25, -0.2) is 0 Å². The van der Waals surface area contributed by atoms with Gasteiger partial charge in [0.05, 0.1) is 0 Å². The van der Waals surface area contributed by atoms with Crippen LogP contribution < -0.4 is 10.6 Å². The molecular formula is C13H26IN3S. The van der Waals surface area contributed by atoms with Crippen LogP contribution in [0, 0.1) is 11.8 Å². The van der Waals surface area contributed by atoms with E-state index < -0.39 is 0 Å². The highest BCUT2D eigenvalue weighted by atomic mass is 127. The predicted octanol–water partition coefficient (Wildman–Crippen LogP) is 2.71. The molecule has 0 radical (unpaired) electrons. The first kappa shape index (κ1) is 16.4. The summed E-state index contributed by atoms with van der Waals surface area (Å²) >= 11 is 2.09. The maximum atomic E-state index is 4.67. The van der Waals surface area contributed by atoms with E-state index in [2.05, 4.69) is 41.2 Å². The molecule has 1 saturated carbocycles. The Bertz CT molecular complexity index is 267. The predicted molar refractivity (Wildman–Crippen MR) is 92.1 cm³/mol. The highest BCUT2D eigenvalue weighted by molar-refractivity contribution is 14.0. The zero-order valence-electron chi connectivity index (χ0n) is 11.4. The zero-order chi connectivity index (χ0) is 12.1. The molecular weight excluding hydrogens is 357 g/mol. The minimum atomic E-state index is 0. The lowest BCUT2D eigenvalue weighted by atomic mass is 10.2. The Morgan fingerprint density at radius 3 is 2.72 bits per heavy atom. The fourth-order valence-corrected chi connectivity index (χ4v) is 3.42. The van der Waals surface area contributed by atoms with Gasteiger partial charge in [0, 0.05) is 24.9 Å².